The van der Waals surface area contributed by atoms with Crippen molar-refractivity contribution in [2.24, 2.45) is 0 Å². The second-order valence-electron chi connectivity index (χ2n) is 5.41. The molecule has 3 heteroatoms. The molecule has 0 unspecified atom stereocenters. The standard InChI is InChI=1S/C19H13N2S/c1-2-6-16-14(5-1)9-10-15-13-19-21(12-11-20(15)16)17-7-3-4-8-18(17)22-19/h1-13H/q+1. The van der Waals surface area contributed by atoms with Gasteiger partial charge in [0.2, 0.25) is 11.2 Å². The third kappa shape index (κ3) is 1.66. The van der Waals surface area contributed by atoms with Gasteiger partial charge in [-0.25, -0.2) is 0 Å². The first-order chi connectivity index (χ1) is 10.9. The summed E-state index contributed by atoms with van der Waals surface area (Å²) in [5.41, 5.74) is 3.69. The van der Waals surface area contributed by atoms with Gasteiger partial charge in [-0.1, -0.05) is 36.0 Å². The maximum absolute atomic E-state index is 2.27. The van der Waals surface area contributed by atoms with Crippen molar-refractivity contribution in [3.05, 3.63) is 77.6 Å². The number of pyridine rings is 1. The van der Waals surface area contributed by atoms with Crippen molar-refractivity contribution in [2.45, 2.75) is 4.90 Å². The van der Waals surface area contributed by atoms with E-state index in [0.717, 1.165) is 0 Å². The minimum absolute atomic E-state index is 1.20. The summed E-state index contributed by atoms with van der Waals surface area (Å²) >= 11 is 1.82. The van der Waals surface area contributed by atoms with E-state index in [1.54, 1.807) is 0 Å². The van der Waals surface area contributed by atoms with Gasteiger partial charge in [0.05, 0.1) is 16.9 Å². The van der Waals surface area contributed by atoms with Crippen molar-refractivity contribution < 1.29 is 4.57 Å². The van der Waals surface area contributed by atoms with E-state index >= 15 is 0 Å². The Bertz CT molecular complexity index is 972. The lowest BCUT2D eigenvalue weighted by atomic mass is 10.2. The number of hydrogen-bond acceptors (Lipinski definition) is 2. The third-order valence-corrected chi connectivity index (χ3v) is 5.21. The van der Waals surface area contributed by atoms with Gasteiger partial charge >= 0.3 is 0 Å². The molecule has 0 aliphatic carbocycles. The molecule has 0 fully saturated rings. The normalized spacial score (nSPS) is 15.1. The first-order valence-electron chi connectivity index (χ1n) is 7.30. The van der Waals surface area contributed by atoms with E-state index in [1.807, 2.05) is 11.8 Å². The molecule has 3 aromatic rings. The lowest BCUT2D eigenvalue weighted by Gasteiger charge is -2.11. The van der Waals surface area contributed by atoms with Crippen molar-refractivity contribution in [3.8, 4) is 0 Å². The van der Waals surface area contributed by atoms with Crippen LogP contribution in [0.25, 0.3) is 23.2 Å². The van der Waals surface area contributed by atoms with Gasteiger partial charge in [0, 0.05) is 28.5 Å². The summed E-state index contributed by atoms with van der Waals surface area (Å²) in [5.74, 6) is 0. The van der Waals surface area contributed by atoms with Crippen molar-refractivity contribution in [1.29, 1.82) is 0 Å². The summed E-state index contributed by atoms with van der Waals surface area (Å²) in [7, 11) is 0. The monoisotopic (exact) mass is 301 g/mol. The molecular weight excluding hydrogens is 288 g/mol. The van der Waals surface area contributed by atoms with Gasteiger partial charge in [0.25, 0.3) is 0 Å². The molecule has 3 heterocycles. The van der Waals surface area contributed by atoms with Gasteiger partial charge in [0.15, 0.2) is 6.20 Å². The van der Waals surface area contributed by atoms with Crippen LogP contribution in [0.2, 0.25) is 0 Å². The Hall–Kier alpha value is -2.52. The minimum atomic E-state index is 1.20. The van der Waals surface area contributed by atoms with Crippen LogP contribution < -0.4 is 9.47 Å². The van der Waals surface area contributed by atoms with Crippen LogP contribution in [0.15, 0.2) is 76.8 Å². The molecular formula is C19H13N2S+. The predicted molar refractivity (Wildman–Crippen MR) is 92.2 cm³/mol. The fourth-order valence-electron chi connectivity index (χ4n) is 3.06. The van der Waals surface area contributed by atoms with E-state index in [9.17, 15) is 0 Å². The number of anilines is 1. The fraction of sp³-hybridized carbons (Fsp3) is 0. The number of benzene rings is 2. The van der Waals surface area contributed by atoms with E-state index < -0.39 is 0 Å². The highest BCUT2D eigenvalue weighted by Gasteiger charge is 2.27. The average Bonchev–Trinajstić information content (AvgIpc) is 2.80. The minimum Gasteiger partial charge on any atom is -0.304 e. The molecule has 104 valence electrons. The lowest BCUT2D eigenvalue weighted by molar-refractivity contribution is -0.541. The van der Waals surface area contributed by atoms with E-state index in [1.165, 1.54) is 32.2 Å². The SMILES string of the molecule is C1=C[n+]2c(ccc3ccccc32)C=C2Sc3ccccc3N12. The third-order valence-electron chi connectivity index (χ3n) is 4.12. The summed E-state index contributed by atoms with van der Waals surface area (Å²) in [4.78, 5) is 3.58. The molecule has 2 aliphatic rings. The number of fused-ring (bicyclic) bond motifs is 6. The lowest BCUT2D eigenvalue weighted by Crippen LogP contribution is -2.30. The Balaban J connectivity index is 1.75. The zero-order valence-electron chi connectivity index (χ0n) is 11.8. The Morgan fingerprint density at radius 1 is 0.864 bits per heavy atom. The zero-order valence-corrected chi connectivity index (χ0v) is 12.6. The maximum atomic E-state index is 2.27. The highest BCUT2D eigenvalue weighted by atomic mass is 32.2. The number of nitrogens with zero attached hydrogens (tertiary/aromatic N) is 2. The number of hydrogen-bond donors (Lipinski definition) is 0. The van der Waals surface area contributed by atoms with Gasteiger partial charge in [-0.05, 0) is 24.3 Å². The van der Waals surface area contributed by atoms with Crippen LogP contribution in [0.4, 0.5) is 5.69 Å². The highest BCUT2D eigenvalue weighted by molar-refractivity contribution is 8.03. The predicted octanol–water partition coefficient (Wildman–Crippen LogP) is 4.48. The molecule has 2 aliphatic heterocycles. The van der Waals surface area contributed by atoms with Gasteiger partial charge in [-0.2, -0.15) is 4.57 Å². The first-order valence-corrected chi connectivity index (χ1v) is 8.11. The smallest absolute Gasteiger partial charge is 0.218 e. The quantitative estimate of drug-likeness (QED) is 0.565. The highest BCUT2D eigenvalue weighted by Crippen LogP contribution is 2.46. The van der Waals surface area contributed by atoms with Crippen LogP contribution in [0.3, 0.4) is 0 Å². The second kappa shape index (κ2) is 4.49. The van der Waals surface area contributed by atoms with E-state index in [0.29, 0.717) is 0 Å². The summed E-state index contributed by atoms with van der Waals surface area (Å²) in [6.07, 6.45) is 6.58. The number of rotatable bonds is 0. The van der Waals surface area contributed by atoms with Crippen LogP contribution >= 0.6 is 11.8 Å². The van der Waals surface area contributed by atoms with E-state index in [4.69, 9.17) is 0 Å². The molecule has 0 spiro atoms. The van der Waals surface area contributed by atoms with Gasteiger partial charge < -0.3 is 4.90 Å². The Labute approximate surface area is 133 Å². The van der Waals surface area contributed by atoms with E-state index in [2.05, 4.69) is 88.6 Å². The summed E-state index contributed by atoms with van der Waals surface area (Å²) in [6.45, 7) is 0. The van der Waals surface area contributed by atoms with Crippen molar-refractivity contribution in [2.75, 3.05) is 4.90 Å². The molecule has 0 atom stereocenters. The van der Waals surface area contributed by atoms with Crippen LogP contribution in [0.5, 0.6) is 0 Å². The van der Waals surface area contributed by atoms with Gasteiger partial charge in [-0.15, -0.1) is 0 Å². The summed E-state index contributed by atoms with van der Waals surface area (Å²) in [5, 5.41) is 2.50. The molecule has 0 saturated heterocycles. The van der Waals surface area contributed by atoms with Gasteiger partial charge in [0.1, 0.15) is 0 Å². The molecule has 5 rings (SSSR count). The second-order valence-corrected chi connectivity index (χ2v) is 6.47. The zero-order chi connectivity index (χ0) is 14.5. The maximum Gasteiger partial charge on any atom is 0.218 e. The largest absolute Gasteiger partial charge is 0.304 e. The average molecular weight is 301 g/mol. The molecule has 0 bridgehead atoms. The van der Waals surface area contributed by atoms with Crippen LogP contribution in [0.1, 0.15) is 5.69 Å². The molecule has 0 N–H and O–H groups in total. The molecule has 0 saturated carbocycles. The Morgan fingerprint density at radius 3 is 2.73 bits per heavy atom. The van der Waals surface area contributed by atoms with Crippen molar-refractivity contribution in [1.82, 2.24) is 0 Å². The molecule has 0 amide bonds. The molecule has 2 aromatic carbocycles. The summed E-state index contributed by atoms with van der Waals surface area (Å²) in [6, 6.07) is 21.4. The van der Waals surface area contributed by atoms with Crippen LogP contribution in [0, 0.1) is 0 Å². The molecule has 1 aromatic heterocycles. The number of para-hydroxylation sites is 2. The Kier molecular flexibility index (Phi) is 2.46. The number of thioether (sulfide) groups is 1. The van der Waals surface area contributed by atoms with Crippen molar-refractivity contribution in [3.63, 3.8) is 0 Å². The Morgan fingerprint density at radius 2 is 1.73 bits per heavy atom. The number of aromatic nitrogens is 1. The topological polar surface area (TPSA) is 7.12 Å². The van der Waals surface area contributed by atoms with Crippen molar-refractivity contribution >= 4 is 40.6 Å². The van der Waals surface area contributed by atoms with Gasteiger partial charge in [-0.3, -0.25) is 0 Å². The summed E-state index contributed by atoms with van der Waals surface area (Å²) < 4.78 is 2.25. The fourth-order valence-corrected chi connectivity index (χ4v) is 4.14. The van der Waals surface area contributed by atoms with Crippen LogP contribution in [-0.2, 0) is 0 Å². The van der Waals surface area contributed by atoms with E-state index in [-0.39, 0.29) is 0 Å². The molecule has 0 radical (unpaired) electrons. The molecule has 2 nitrogen and oxygen atoms in total. The van der Waals surface area contributed by atoms with Crippen LogP contribution in [-0.4, -0.2) is 0 Å². The first kappa shape index (κ1) is 12.1. The molecule has 22 heavy (non-hydrogen) atoms.